The van der Waals surface area contributed by atoms with Crippen molar-refractivity contribution in [3.05, 3.63) is 52.7 Å². The van der Waals surface area contributed by atoms with Crippen molar-refractivity contribution in [1.82, 2.24) is 0 Å². The molecule has 2 atom stereocenters. The molecule has 0 radical (unpaired) electrons. The van der Waals surface area contributed by atoms with Crippen LogP contribution in [0.1, 0.15) is 74.1 Å². The molecule has 2 aromatic rings. The number of benzene rings is 1. The van der Waals surface area contributed by atoms with Crippen LogP contribution >= 0.6 is 11.3 Å². The highest BCUT2D eigenvalue weighted by molar-refractivity contribution is 7.91. The second-order valence-electron chi connectivity index (χ2n) is 7.57. The molecule has 0 spiro atoms. The average Bonchev–Trinajstić information content (AvgIpc) is 3.28. The van der Waals surface area contributed by atoms with Crippen molar-refractivity contribution in [2.24, 2.45) is 0 Å². The Morgan fingerprint density at radius 2 is 1.31 bits per heavy atom. The van der Waals surface area contributed by atoms with E-state index in [1.165, 1.54) is 18.9 Å². The van der Waals surface area contributed by atoms with E-state index in [0.717, 1.165) is 12.8 Å². The van der Waals surface area contributed by atoms with Crippen molar-refractivity contribution in [1.29, 1.82) is 0 Å². The van der Waals surface area contributed by atoms with Crippen molar-refractivity contribution in [2.75, 3.05) is 20.0 Å². The summed E-state index contributed by atoms with van der Waals surface area (Å²) in [5, 5.41) is 2.07. The van der Waals surface area contributed by atoms with Crippen LogP contribution in [0.15, 0.2) is 52.7 Å². The number of hydrogen-bond donors (Lipinski definition) is 0. The minimum atomic E-state index is -3.29. The number of Topliss-reactive ketones (excluding diaryl/α,β-unsaturated/α-hetero) is 2. The molecule has 2 rings (SSSR count). The molecule has 8 heteroatoms. The number of thiophene rings is 1. The van der Waals surface area contributed by atoms with Gasteiger partial charge in [0.25, 0.3) is 0 Å². The Bertz CT molecular complexity index is 893. The van der Waals surface area contributed by atoms with Gasteiger partial charge in [0.15, 0.2) is 9.84 Å². The van der Waals surface area contributed by atoms with E-state index in [4.69, 9.17) is 9.47 Å². The number of aryl methyl sites for hydroxylation is 1. The second kappa shape index (κ2) is 22.3. The Morgan fingerprint density at radius 1 is 0.806 bits per heavy atom. The van der Waals surface area contributed by atoms with Gasteiger partial charge in [-0.15, -0.1) is 11.3 Å². The number of carbonyl (C=O) groups excluding carboxylic acids is 2. The predicted octanol–water partition coefficient (Wildman–Crippen LogP) is 7.06. The van der Waals surface area contributed by atoms with Crippen molar-refractivity contribution in [2.45, 2.75) is 92.8 Å². The predicted molar refractivity (Wildman–Crippen MR) is 155 cm³/mol. The Labute approximate surface area is 225 Å². The fourth-order valence-corrected chi connectivity index (χ4v) is 5.14. The maximum Gasteiger partial charge on any atom is 0.178 e. The van der Waals surface area contributed by atoms with Gasteiger partial charge < -0.3 is 9.47 Å². The van der Waals surface area contributed by atoms with Crippen molar-refractivity contribution < 1.29 is 27.5 Å². The van der Waals surface area contributed by atoms with E-state index >= 15 is 0 Å². The largest absolute Gasteiger partial charge is 0.381 e. The van der Waals surface area contributed by atoms with Gasteiger partial charge in [-0.05, 0) is 56.7 Å². The molecule has 2 unspecified atom stereocenters. The van der Waals surface area contributed by atoms with Gasteiger partial charge in [-0.2, -0.15) is 0 Å². The van der Waals surface area contributed by atoms with Crippen LogP contribution in [0.5, 0.6) is 0 Å². The summed E-state index contributed by atoms with van der Waals surface area (Å²) in [5.74, 6) is 0.185. The molecule has 0 amide bonds. The first kappa shape index (κ1) is 41.3. The number of ether oxygens (including phenoxy) is 2. The quantitative estimate of drug-likeness (QED) is 0.267. The molecule has 0 fully saturated rings. The summed E-state index contributed by atoms with van der Waals surface area (Å²) in [6, 6.07) is 12.5. The minimum absolute atomic E-state index is 0. The second-order valence-corrected chi connectivity index (χ2v) is 10.7. The Morgan fingerprint density at radius 3 is 1.72 bits per heavy atom. The van der Waals surface area contributed by atoms with Crippen LogP contribution in [0.2, 0.25) is 0 Å². The highest BCUT2D eigenvalue weighted by Gasteiger charge is 2.18. The molecule has 210 valence electrons. The standard InChI is InChI=1S/C13H18O4S.C11H16O2S.4CH4/c1-11(14)10-12(17-2)8-9-18(15,16)13-6-4-3-5-7-13;1-9(12)8-10(13-2)5-6-11-4-3-7-14-11;;;;/h3-7,12H,8-10H2,1-2H3;3-4,7,10H,5-6,8H2,1-2H3;4*1H4. The van der Waals surface area contributed by atoms with Crippen molar-refractivity contribution >= 4 is 32.7 Å². The lowest BCUT2D eigenvalue weighted by Crippen LogP contribution is -2.19. The summed E-state index contributed by atoms with van der Waals surface area (Å²) in [7, 11) is -0.135. The number of methoxy groups -OCH3 is 2. The summed E-state index contributed by atoms with van der Waals surface area (Å²) in [6.07, 6.45) is 2.78. The fraction of sp³-hybridized carbons (Fsp3) is 0.571. The monoisotopic (exact) mass is 546 g/mol. The van der Waals surface area contributed by atoms with Crippen LogP contribution < -0.4 is 0 Å². The molecule has 6 nitrogen and oxygen atoms in total. The summed E-state index contributed by atoms with van der Waals surface area (Å²) in [6.45, 7) is 3.08. The number of hydrogen-bond acceptors (Lipinski definition) is 7. The van der Waals surface area contributed by atoms with E-state index in [1.54, 1.807) is 55.7 Å². The van der Waals surface area contributed by atoms with Gasteiger partial charge in [0.2, 0.25) is 0 Å². The van der Waals surface area contributed by atoms with Crippen LogP contribution in [0.25, 0.3) is 0 Å². The number of rotatable bonds is 13. The van der Waals surface area contributed by atoms with Crippen LogP contribution in [0.4, 0.5) is 0 Å². The van der Waals surface area contributed by atoms with E-state index in [2.05, 4.69) is 11.4 Å². The Balaban J connectivity index is -0.000000262. The molecule has 0 aliphatic heterocycles. The van der Waals surface area contributed by atoms with Gasteiger partial charge in [0.1, 0.15) is 11.6 Å². The van der Waals surface area contributed by atoms with Gasteiger partial charge in [0.05, 0.1) is 22.9 Å². The van der Waals surface area contributed by atoms with E-state index in [-0.39, 0.29) is 65.7 Å². The SMILES string of the molecule is C.C.C.C.COC(CCS(=O)(=O)c1ccccc1)CC(C)=O.COC(CCc1cccs1)CC(C)=O. The van der Waals surface area contributed by atoms with Crippen LogP contribution in [0, 0.1) is 0 Å². The molecular weight excluding hydrogens is 496 g/mol. The summed E-state index contributed by atoms with van der Waals surface area (Å²) in [4.78, 5) is 23.5. The van der Waals surface area contributed by atoms with Gasteiger partial charge in [-0.3, -0.25) is 9.59 Å². The zero-order valence-electron chi connectivity index (χ0n) is 19.3. The highest BCUT2D eigenvalue weighted by Crippen LogP contribution is 2.15. The van der Waals surface area contributed by atoms with Crippen molar-refractivity contribution in [3.63, 3.8) is 0 Å². The molecular formula is C28H50O6S2. The third-order valence-electron chi connectivity index (χ3n) is 4.80. The Hall–Kier alpha value is -1.87. The molecule has 0 aliphatic rings. The normalized spacial score (nSPS) is 11.6. The molecule has 0 bridgehead atoms. The number of ketones is 2. The lowest BCUT2D eigenvalue weighted by Gasteiger charge is -2.13. The maximum absolute atomic E-state index is 12.0. The van der Waals surface area contributed by atoms with Gasteiger partial charge in [-0.1, -0.05) is 54.0 Å². The summed E-state index contributed by atoms with van der Waals surface area (Å²) < 4.78 is 34.3. The molecule has 1 heterocycles. The van der Waals surface area contributed by atoms with E-state index in [9.17, 15) is 18.0 Å². The van der Waals surface area contributed by atoms with Gasteiger partial charge in [-0.25, -0.2) is 8.42 Å². The first-order valence-corrected chi connectivity index (χ1v) is 13.1. The van der Waals surface area contributed by atoms with E-state index in [0.29, 0.717) is 17.7 Å². The van der Waals surface area contributed by atoms with Crippen LogP contribution in [0.3, 0.4) is 0 Å². The smallest absolute Gasteiger partial charge is 0.178 e. The molecule has 0 saturated heterocycles. The first-order chi connectivity index (χ1) is 15.2. The van der Waals surface area contributed by atoms with E-state index < -0.39 is 9.84 Å². The third kappa shape index (κ3) is 17.5. The van der Waals surface area contributed by atoms with Crippen LogP contribution in [-0.4, -0.2) is 52.2 Å². The lowest BCUT2D eigenvalue weighted by molar-refractivity contribution is -0.120. The topological polar surface area (TPSA) is 86.7 Å². The average molecular weight is 547 g/mol. The number of carbonyl (C=O) groups is 2. The number of sulfone groups is 1. The molecule has 36 heavy (non-hydrogen) atoms. The zero-order valence-corrected chi connectivity index (χ0v) is 20.9. The Kier molecular flexibility index (Phi) is 25.6. The third-order valence-corrected chi connectivity index (χ3v) is 7.50. The van der Waals surface area contributed by atoms with Crippen LogP contribution in [-0.2, 0) is 35.3 Å². The molecule has 1 aromatic heterocycles. The fourth-order valence-electron chi connectivity index (χ4n) is 3.04. The molecule has 0 N–H and O–H groups in total. The molecule has 1 aromatic carbocycles. The van der Waals surface area contributed by atoms with E-state index in [1.807, 2.05) is 6.07 Å². The maximum atomic E-state index is 12.0. The summed E-state index contributed by atoms with van der Waals surface area (Å²) >= 11 is 1.75. The van der Waals surface area contributed by atoms with Gasteiger partial charge in [0, 0.05) is 31.9 Å². The first-order valence-electron chi connectivity index (χ1n) is 10.5. The highest BCUT2D eigenvalue weighted by atomic mass is 32.2. The lowest BCUT2D eigenvalue weighted by atomic mass is 10.1. The zero-order chi connectivity index (χ0) is 24.0. The molecule has 0 saturated carbocycles. The minimum Gasteiger partial charge on any atom is -0.381 e. The van der Waals surface area contributed by atoms with Crippen molar-refractivity contribution in [3.8, 4) is 0 Å². The summed E-state index contributed by atoms with van der Waals surface area (Å²) in [5.41, 5.74) is 0. The van der Waals surface area contributed by atoms with Gasteiger partial charge >= 0.3 is 0 Å². The molecule has 0 aliphatic carbocycles.